The van der Waals surface area contributed by atoms with Crippen molar-refractivity contribution >= 4 is 0 Å². The first-order valence-electron chi connectivity index (χ1n) is 4.39. The zero-order chi connectivity index (χ0) is 9.41. The molecule has 1 fully saturated rings. The van der Waals surface area contributed by atoms with Gasteiger partial charge in [-0.3, -0.25) is 0 Å². The highest BCUT2D eigenvalue weighted by atomic mass is 16.7. The van der Waals surface area contributed by atoms with Crippen molar-refractivity contribution in [2.24, 2.45) is 11.1 Å². The number of hydrogen-bond donors (Lipinski definition) is 1. The molecule has 0 saturated carbocycles. The molecule has 0 amide bonds. The van der Waals surface area contributed by atoms with Crippen LogP contribution in [-0.4, -0.2) is 25.0 Å². The number of nitrogens with two attached hydrogens (primary N) is 1. The fourth-order valence-electron chi connectivity index (χ4n) is 1.02. The monoisotopic (exact) mass is 173 g/mol. The van der Waals surface area contributed by atoms with E-state index in [1.807, 2.05) is 13.8 Å². The zero-order valence-electron chi connectivity index (χ0n) is 8.39. The topological polar surface area (TPSA) is 44.5 Å². The zero-order valence-corrected chi connectivity index (χ0v) is 8.39. The van der Waals surface area contributed by atoms with Crippen molar-refractivity contribution in [1.29, 1.82) is 0 Å². The van der Waals surface area contributed by atoms with Crippen LogP contribution in [0.15, 0.2) is 0 Å². The van der Waals surface area contributed by atoms with Crippen LogP contribution in [-0.2, 0) is 9.47 Å². The van der Waals surface area contributed by atoms with E-state index in [0.717, 1.165) is 0 Å². The largest absolute Gasteiger partial charge is 0.348 e. The maximum atomic E-state index is 5.74. The average molecular weight is 173 g/mol. The van der Waals surface area contributed by atoms with Gasteiger partial charge in [0.05, 0.1) is 19.3 Å². The predicted molar refractivity (Wildman–Crippen MR) is 47.7 cm³/mol. The van der Waals surface area contributed by atoms with Crippen molar-refractivity contribution in [3.8, 4) is 0 Å². The second-order valence-electron chi connectivity index (χ2n) is 4.55. The first kappa shape index (κ1) is 9.96. The molecule has 0 bridgehead atoms. The van der Waals surface area contributed by atoms with E-state index in [4.69, 9.17) is 15.2 Å². The third kappa shape index (κ3) is 1.97. The maximum absolute atomic E-state index is 5.74. The van der Waals surface area contributed by atoms with Gasteiger partial charge < -0.3 is 15.2 Å². The SMILES string of the molecule is CC(N)C1(C)OCC(C)(C)CO1. The van der Waals surface area contributed by atoms with Crippen molar-refractivity contribution in [2.75, 3.05) is 13.2 Å². The van der Waals surface area contributed by atoms with Crippen LogP contribution in [0.2, 0.25) is 0 Å². The summed E-state index contributed by atoms with van der Waals surface area (Å²) in [5.41, 5.74) is 5.86. The third-order valence-electron chi connectivity index (χ3n) is 2.33. The molecule has 0 aromatic heterocycles. The Bertz CT molecular complexity index is 156. The average Bonchev–Trinajstić information content (AvgIpc) is 1.96. The molecule has 1 heterocycles. The summed E-state index contributed by atoms with van der Waals surface area (Å²) in [5, 5.41) is 0. The fraction of sp³-hybridized carbons (Fsp3) is 1.00. The van der Waals surface area contributed by atoms with Crippen LogP contribution in [0.1, 0.15) is 27.7 Å². The van der Waals surface area contributed by atoms with E-state index in [1.54, 1.807) is 0 Å². The highest BCUT2D eigenvalue weighted by Crippen LogP contribution is 2.30. The molecule has 0 aliphatic carbocycles. The van der Waals surface area contributed by atoms with E-state index in [9.17, 15) is 0 Å². The quantitative estimate of drug-likeness (QED) is 0.646. The Balaban J connectivity index is 2.55. The van der Waals surface area contributed by atoms with E-state index in [0.29, 0.717) is 13.2 Å². The summed E-state index contributed by atoms with van der Waals surface area (Å²) in [4.78, 5) is 0. The molecule has 2 N–H and O–H groups in total. The van der Waals surface area contributed by atoms with Gasteiger partial charge in [0.2, 0.25) is 0 Å². The highest BCUT2D eigenvalue weighted by molar-refractivity contribution is 4.82. The molecule has 0 radical (unpaired) electrons. The van der Waals surface area contributed by atoms with E-state index in [2.05, 4.69) is 13.8 Å². The molecule has 12 heavy (non-hydrogen) atoms. The van der Waals surface area contributed by atoms with Crippen LogP contribution in [0.4, 0.5) is 0 Å². The standard InChI is InChI=1S/C9H19NO2/c1-7(10)9(4)11-5-8(2,3)6-12-9/h7H,5-6,10H2,1-4H3. The summed E-state index contributed by atoms with van der Waals surface area (Å²) >= 11 is 0. The summed E-state index contributed by atoms with van der Waals surface area (Å²) in [5.74, 6) is -0.588. The van der Waals surface area contributed by atoms with Gasteiger partial charge >= 0.3 is 0 Å². The summed E-state index contributed by atoms with van der Waals surface area (Å²) in [7, 11) is 0. The van der Waals surface area contributed by atoms with E-state index in [-0.39, 0.29) is 11.5 Å². The third-order valence-corrected chi connectivity index (χ3v) is 2.33. The smallest absolute Gasteiger partial charge is 0.180 e. The van der Waals surface area contributed by atoms with E-state index in [1.165, 1.54) is 0 Å². The molecular formula is C9H19NO2. The summed E-state index contributed by atoms with van der Waals surface area (Å²) in [6, 6.07) is -0.0893. The lowest BCUT2D eigenvalue weighted by Gasteiger charge is -2.43. The van der Waals surface area contributed by atoms with Gasteiger partial charge in [0.25, 0.3) is 0 Å². The van der Waals surface area contributed by atoms with Crippen LogP contribution >= 0.6 is 0 Å². The minimum absolute atomic E-state index is 0.0893. The van der Waals surface area contributed by atoms with Crippen molar-refractivity contribution in [2.45, 2.75) is 39.5 Å². The Kier molecular flexibility index (Phi) is 2.47. The second-order valence-corrected chi connectivity index (χ2v) is 4.55. The predicted octanol–water partition coefficient (Wildman–Crippen LogP) is 1.12. The second kappa shape index (κ2) is 2.98. The number of hydrogen-bond acceptors (Lipinski definition) is 3. The Morgan fingerprint density at radius 2 is 1.58 bits per heavy atom. The van der Waals surface area contributed by atoms with Gasteiger partial charge in [-0.05, 0) is 13.8 Å². The van der Waals surface area contributed by atoms with Crippen molar-refractivity contribution in [3.63, 3.8) is 0 Å². The van der Waals surface area contributed by atoms with Crippen molar-refractivity contribution in [3.05, 3.63) is 0 Å². The van der Waals surface area contributed by atoms with Crippen molar-refractivity contribution < 1.29 is 9.47 Å². The summed E-state index contributed by atoms with van der Waals surface area (Å²) in [6.45, 7) is 9.46. The van der Waals surface area contributed by atoms with Crippen LogP contribution in [0, 0.1) is 5.41 Å². The molecule has 1 saturated heterocycles. The van der Waals surface area contributed by atoms with Crippen molar-refractivity contribution in [1.82, 2.24) is 0 Å². The van der Waals surface area contributed by atoms with Crippen LogP contribution in [0.5, 0.6) is 0 Å². The van der Waals surface area contributed by atoms with E-state index >= 15 is 0 Å². The van der Waals surface area contributed by atoms with Gasteiger partial charge in [0.15, 0.2) is 5.79 Å². The van der Waals surface area contributed by atoms with Gasteiger partial charge in [0.1, 0.15) is 0 Å². The number of rotatable bonds is 1. The lowest BCUT2D eigenvalue weighted by molar-refractivity contribution is -0.296. The Morgan fingerprint density at radius 1 is 1.17 bits per heavy atom. The molecule has 0 aromatic carbocycles. The molecule has 0 aromatic rings. The molecule has 1 rings (SSSR count). The minimum Gasteiger partial charge on any atom is -0.348 e. The first-order chi connectivity index (χ1) is 5.36. The van der Waals surface area contributed by atoms with E-state index < -0.39 is 5.79 Å². The first-order valence-corrected chi connectivity index (χ1v) is 4.39. The van der Waals surface area contributed by atoms with Gasteiger partial charge in [-0.1, -0.05) is 13.8 Å². The van der Waals surface area contributed by atoms with Gasteiger partial charge in [-0.15, -0.1) is 0 Å². The molecule has 1 atom stereocenters. The highest BCUT2D eigenvalue weighted by Gasteiger charge is 2.39. The molecular weight excluding hydrogens is 154 g/mol. The van der Waals surface area contributed by atoms with Crippen LogP contribution in [0.25, 0.3) is 0 Å². The Labute approximate surface area is 74.2 Å². The lowest BCUT2D eigenvalue weighted by Crippen LogP contribution is -2.54. The van der Waals surface area contributed by atoms with Gasteiger partial charge in [0, 0.05) is 5.41 Å². The molecule has 0 spiro atoms. The van der Waals surface area contributed by atoms with Crippen LogP contribution < -0.4 is 5.73 Å². The lowest BCUT2D eigenvalue weighted by atomic mass is 9.94. The Morgan fingerprint density at radius 3 is 1.92 bits per heavy atom. The molecule has 3 heteroatoms. The fourth-order valence-corrected chi connectivity index (χ4v) is 1.02. The molecule has 3 nitrogen and oxygen atoms in total. The van der Waals surface area contributed by atoms with Crippen LogP contribution in [0.3, 0.4) is 0 Å². The maximum Gasteiger partial charge on any atom is 0.180 e. The molecule has 72 valence electrons. The normalized spacial score (nSPS) is 29.8. The molecule has 1 aliphatic rings. The van der Waals surface area contributed by atoms with Gasteiger partial charge in [-0.25, -0.2) is 0 Å². The number of ether oxygens (including phenoxy) is 2. The summed E-state index contributed by atoms with van der Waals surface area (Å²) in [6.07, 6.45) is 0. The summed E-state index contributed by atoms with van der Waals surface area (Å²) < 4.78 is 11.2. The molecule has 1 aliphatic heterocycles. The Hall–Kier alpha value is -0.120. The molecule has 1 unspecified atom stereocenters. The minimum atomic E-state index is -0.588. The van der Waals surface area contributed by atoms with Gasteiger partial charge in [-0.2, -0.15) is 0 Å².